The summed E-state index contributed by atoms with van der Waals surface area (Å²) in [5.74, 6) is 1.66. The lowest BCUT2D eigenvalue weighted by molar-refractivity contribution is -0.128. The van der Waals surface area contributed by atoms with Gasteiger partial charge in [-0.05, 0) is 61.4 Å². The highest BCUT2D eigenvalue weighted by Gasteiger charge is 2.02. The molecule has 4 nitrogen and oxygen atoms in total. The van der Waals surface area contributed by atoms with Crippen LogP contribution in [0.4, 0.5) is 0 Å². The first kappa shape index (κ1) is 19.6. The summed E-state index contributed by atoms with van der Waals surface area (Å²) in [6.07, 6.45) is 6.50. The number of esters is 1. The molecule has 0 spiro atoms. The van der Waals surface area contributed by atoms with Crippen LogP contribution < -0.4 is 14.2 Å². The number of ether oxygens (including phenoxy) is 3. The fraction of sp³-hybridized carbons (Fsp3) is 0.318. The van der Waals surface area contributed by atoms with Crippen molar-refractivity contribution in [2.75, 3.05) is 13.2 Å². The first-order valence-corrected chi connectivity index (χ1v) is 9.07. The number of carbonyl (C=O) groups excluding carboxylic acids is 1. The van der Waals surface area contributed by atoms with E-state index in [0.29, 0.717) is 19.0 Å². The van der Waals surface area contributed by atoms with Crippen LogP contribution in [0.15, 0.2) is 54.6 Å². The molecule has 0 atom stereocenters. The topological polar surface area (TPSA) is 44.8 Å². The Morgan fingerprint density at radius 1 is 0.846 bits per heavy atom. The van der Waals surface area contributed by atoms with Crippen molar-refractivity contribution in [2.45, 2.75) is 33.1 Å². The second-order valence-corrected chi connectivity index (χ2v) is 5.78. The average molecular weight is 354 g/mol. The van der Waals surface area contributed by atoms with Gasteiger partial charge in [0.1, 0.15) is 17.2 Å². The third kappa shape index (κ3) is 7.01. The molecule has 0 saturated heterocycles. The maximum atomic E-state index is 11.9. The largest absolute Gasteiger partial charge is 0.494 e. The molecule has 2 aromatic carbocycles. The van der Waals surface area contributed by atoms with Crippen molar-refractivity contribution in [3.8, 4) is 17.2 Å². The van der Waals surface area contributed by atoms with Crippen molar-refractivity contribution < 1.29 is 19.0 Å². The van der Waals surface area contributed by atoms with Crippen LogP contribution in [0, 0.1) is 0 Å². The Kier molecular flexibility index (Phi) is 8.27. The molecule has 4 heteroatoms. The smallest absolute Gasteiger partial charge is 0.336 e. The van der Waals surface area contributed by atoms with Gasteiger partial charge < -0.3 is 14.2 Å². The summed E-state index contributed by atoms with van der Waals surface area (Å²) < 4.78 is 16.3. The summed E-state index contributed by atoms with van der Waals surface area (Å²) in [7, 11) is 0. The Labute approximate surface area is 155 Å². The molecular formula is C22H26O4. The number of hydrogen-bond donors (Lipinski definition) is 0. The van der Waals surface area contributed by atoms with Crippen LogP contribution in [0.5, 0.6) is 17.2 Å². The Morgan fingerprint density at radius 2 is 1.46 bits per heavy atom. The van der Waals surface area contributed by atoms with Crippen LogP contribution in [-0.4, -0.2) is 19.2 Å². The van der Waals surface area contributed by atoms with E-state index in [-0.39, 0.29) is 0 Å². The number of benzene rings is 2. The third-order valence-corrected chi connectivity index (χ3v) is 3.66. The quantitative estimate of drug-likeness (QED) is 0.252. The van der Waals surface area contributed by atoms with E-state index in [1.54, 1.807) is 18.2 Å². The van der Waals surface area contributed by atoms with E-state index in [1.165, 1.54) is 12.5 Å². The second kappa shape index (κ2) is 11.0. The van der Waals surface area contributed by atoms with Gasteiger partial charge in [-0.15, -0.1) is 0 Å². The van der Waals surface area contributed by atoms with Crippen molar-refractivity contribution in [3.63, 3.8) is 0 Å². The highest BCUT2D eigenvalue weighted by atomic mass is 16.5. The molecule has 0 unspecified atom stereocenters. The van der Waals surface area contributed by atoms with Crippen molar-refractivity contribution in [3.05, 3.63) is 60.2 Å². The lowest BCUT2D eigenvalue weighted by atomic mass is 10.2. The molecular weight excluding hydrogens is 328 g/mol. The predicted molar refractivity (Wildman–Crippen MR) is 104 cm³/mol. The normalized spacial score (nSPS) is 10.7. The van der Waals surface area contributed by atoms with Crippen LogP contribution >= 0.6 is 0 Å². The predicted octanol–water partition coefficient (Wildman–Crippen LogP) is 5.27. The lowest BCUT2D eigenvalue weighted by Gasteiger charge is -2.06. The molecule has 138 valence electrons. The van der Waals surface area contributed by atoms with E-state index in [2.05, 4.69) is 6.92 Å². The van der Waals surface area contributed by atoms with Gasteiger partial charge in [0.2, 0.25) is 0 Å². The van der Waals surface area contributed by atoms with Gasteiger partial charge in [0, 0.05) is 6.08 Å². The molecule has 2 rings (SSSR count). The van der Waals surface area contributed by atoms with E-state index in [1.807, 2.05) is 43.3 Å². The van der Waals surface area contributed by atoms with Crippen LogP contribution in [0.1, 0.15) is 38.7 Å². The number of unbranched alkanes of at least 4 members (excludes halogenated alkanes) is 2. The van der Waals surface area contributed by atoms with E-state index in [0.717, 1.165) is 29.9 Å². The average Bonchev–Trinajstić information content (AvgIpc) is 2.66. The molecule has 0 saturated carbocycles. The fourth-order valence-electron chi connectivity index (χ4n) is 2.30. The zero-order valence-electron chi connectivity index (χ0n) is 15.4. The molecule has 0 heterocycles. The summed E-state index contributed by atoms with van der Waals surface area (Å²) >= 11 is 0. The van der Waals surface area contributed by atoms with Gasteiger partial charge in [0.05, 0.1) is 13.2 Å². The molecule has 0 aliphatic heterocycles. The molecule has 26 heavy (non-hydrogen) atoms. The van der Waals surface area contributed by atoms with Crippen molar-refractivity contribution in [1.29, 1.82) is 0 Å². The van der Waals surface area contributed by atoms with Gasteiger partial charge in [-0.2, -0.15) is 0 Å². The summed E-state index contributed by atoms with van der Waals surface area (Å²) in [4.78, 5) is 11.9. The standard InChI is InChI=1S/C22H26O4/c1-3-5-6-17-25-20-12-14-21(15-13-20)26-22(23)16-9-18-7-10-19(11-8-18)24-4-2/h7-16H,3-6,17H2,1-2H3. The number of carbonyl (C=O) groups is 1. The fourth-order valence-corrected chi connectivity index (χ4v) is 2.30. The molecule has 0 fully saturated rings. The summed E-state index contributed by atoms with van der Waals surface area (Å²) in [5, 5.41) is 0. The third-order valence-electron chi connectivity index (χ3n) is 3.66. The second-order valence-electron chi connectivity index (χ2n) is 5.78. The van der Waals surface area contributed by atoms with Gasteiger partial charge in [-0.25, -0.2) is 4.79 Å². The first-order chi connectivity index (χ1) is 12.7. The number of rotatable bonds is 10. The van der Waals surface area contributed by atoms with Crippen molar-refractivity contribution in [1.82, 2.24) is 0 Å². The van der Waals surface area contributed by atoms with Crippen LogP contribution in [0.3, 0.4) is 0 Å². The van der Waals surface area contributed by atoms with Gasteiger partial charge in [0.15, 0.2) is 0 Å². The number of hydrogen-bond acceptors (Lipinski definition) is 4. The van der Waals surface area contributed by atoms with Crippen molar-refractivity contribution >= 4 is 12.0 Å². The summed E-state index contributed by atoms with van der Waals surface area (Å²) in [6, 6.07) is 14.6. The monoisotopic (exact) mass is 354 g/mol. The summed E-state index contributed by atoms with van der Waals surface area (Å²) in [6.45, 7) is 5.43. The highest BCUT2D eigenvalue weighted by Crippen LogP contribution is 2.18. The molecule has 0 aromatic heterocycles. The minimum Gasteiger partial charge on any atom is -0.494 e. The minimum absolute atomic E-state index is 0.421. The van der Waals surface area contributed by atoms with Gasteiger partial charge in [0.25, 0.3) is 0 Å². The van der Waals surface area contributed by atoms with E-state index in [4.69, 9.17) is 14.2 Å². The van der Waals surface area contributed by atoms with Gasteiger partial charge >= 0.3 is 5.97 Å². The Hall–Kier alpha value is -2.75. The first-order valence-electron chi connectivity index (χ1n) is 9.07. The van der Waals surface area contributed by atoms with Crippen LogP contribution in [-0.2, 0) is 4.79 Å². The Morgan fingerprint density at radius 3 is 2.12 bits per heavy atom. The molecule has 0 aliphatic carbocycles. The minimum atomic E-state index is -0.421. The van der Waals surface area contributed by atoms with E-state index in [9.17, 15) is 4.79 Å². The zero-order valence-corrected chi connectivity index (χ0v) is 15.4. The Balaban J connectivity index is 1.81. The van der Waals surface area contributed by atoms with Gasteiger partial charge in [-0.1, -0.05) is 31.9 Å². The van der Waals surface area contributed by atoms with Crippen LogP contribution in [0.2, 0.25) is 0 Å². The summed E-state index contributed by atoms with van der Waals surface area (Å²) in [5.41, 5.74) is 0.904. The SMILES string of the molecule is CCCCCOc1ccc(OC(=O)C=Cc2ccc(OCC)cc2)cc1. The molecule has 0 bridgehead atoms. The van der Waals surface area contributed by atoms with Crippen molar-refractivity contribution in [2.24, 2.45) is 0 Å². The maximum Gasteiger partial charge on any atom is 0.336 e. The van der Waals surface area contributed by atoms with E-state index >= 15 is 0 Å². The maximum absolute atomic E-state index is 11.9. The van der Waals surface area contributed by atoms with Gasteiger partial charge in [-0.3, -0.25) is 0 Å². The van der Waals surface area contributed by atoms with E-state index < -0.39 is 5.97 Å². The molecule has 0 radical (unpaired) electrons. The Bertz CT molecular complexity index is 687. The molecule has 0 amide bonds. The molecule has 0 N–H and O–H groups in total. The zero-order chi connectivity index (χ0) is 18.6. The van der Waals surface area contributed by atoms with Crippen LogP contribution in [0.25, 0.3) is 6.08 Å². The highest BCUT2D eigenvalue weighted by molar-refractivity contribution is 5.88. The molecule has 2 aromatic rings. The lowest BCUT2D eigenvalue weighted by Crippen LogP contribution is -2.03. The molecule has 0 aliphatic rings.